The second kappa shape index (κ2) is 6.33. The quantitative estimate of drug-likeness (QED) is 0.594. The first-order valence-electron chi connectivity index (χ1n) is 5.24. The molecule has 1 rings (SSSR count). The van der Waals surface area contributed by atoms with E-state index in [0.29, 0.717) is 0 Å². The molecule has 7 heteroatoms. The van der Waals surface area contributed by atoms with Crippen LogP contribution in [0.5, 0.6) is 11.5 Å². The molecule has 7 nitrogen and oxygen atoms in total. The number of phenols is 2. The van der Waals surface area contributed by atoms with Crippen molar-refractivity contribution in [2.45, 2.75) is 6.92 Å². The number of phenolic OH excluding ortho intramolecular Hbond substituents is 2. The van der Waals surface area contributed by atoms with Crippen molar-refractivity contribution in [1.29, 1.82) is 0 Å². The predicted molar refractivity (Wildman–Crippen MR) is 63.4 cm³/mol. The molecule has 1 aromatic rings. The number of hydrogen-bond donors (Lipinski definition) is 4. The summed E-state index contributed by atoms with van der Waals surface area (Å²) in [6.07, 6.45) is 0. The number of ether oxygens (including phenoxy) is 1. The van der Waals surface area contributed by atoms with Gasteiger partial charge in [0.2, 0.25) is 0 Å². The van der Waals surface area contributed by atoms with Gasteiger partial charge in [-0.15, -0.1) is 0 Å². The first-order chi connectivity index (χ1) is 8.51. The van der Waals surface area contributed by atoms with Crippen molar-refractivity contribution >= 4 is 17.7 Å². The van der Waals surface area contributed by atoms with E-state index in [1.807, 2.05) is 0 Å². The summed E-state index contributed by atoms with van der Waals surface area (Å²) in [6.45, 7) is 1.64. The summed E-state index contributed by atoms with van der Waals surface area (Å²) in [7, 11) is 0. The topological polar surface area (TPSA) is 108 Å². The van der Waals surface area contributed by atoms with Crippen molar-refractivity contribution in [3.05, 3.63) is 18.2 Å². The van der Waals surface area contributed by atoms with Crippen molar-refractivity contribution in [3.8, 4) is 11.5 Å². The number of carbonyl (C=O) groups is 2. The van der Waals surface area contributed by atoms with Crippen LogP contribution in [0.1, 0.15) is 6.92 Å². The number of nitrogens with one attached hydrogen (secondary N) is 2. The molecule has 1 aromatic carbocycles. The molecule has 0 radical (unpaired) electrons. The van der Waals surface area contributed by atoms with E-state index in [-0.39, 0.29) is 30.3 Å². The van der Waals surface area contributed by atoms with E-state index in [1.54, 1.807) is 6.92 Å². The third kappa shape index (κ3) is 4.60. The van der Waals surface area contributed by atoms with E-state index < -0.39 is 12.0 Å². The van der Waals surface area contributed by atoms with Gasteiger partial charge in [-0.3, -0.25) is 4.79 Å². The minimum Gasteiger partial charge on any atom is -0.508 e. The molecule has 0 unspecified atom stereocenters. The lowest BCUT2D eigenvalue weighted by Crippen LogP contribution is -2.34. The van der Waals surface area contributed by atoms with Gasteiger partial charge in [-0.2, -0.15) is 0 Å². The summed E-state index contributed by atoms with van der Waals surface area (Å²) in [5, 5.41) is 23.0. The number of aromatic hydroxyl groups is 2. The van der Waals surface area contributed by atoms with Gasteiger partial charge in [0.15, 0.2) is 0 Å². The molecule has 0 atom stereocenters. The SMILES string of the molecule is CCOC(=O)CNC(=O)Nc1cc(O)cc(O)c1. The molecule has 0 aliphatic carbocycles. The Balaban J connectivity index is 2.47. The Labute approximate surface area is 103 Å². The van der Waals surface area contributed by atoms with Crippen LogP contribution in [-0.2, 0) is 9.53 Å². The van der Waals surface area contributed by atoms with E-state index in [0.717, 1.165) is 6.07 Å². The second-order valence-electron chi connectivity index (χ2n) is 3.35. The Morgan fingerprint density at radius 2 is 1.83 bits per heavy atom. The maximum atomic E-state index is 11.4. The zero-order valence-corrected chi connectivity index (χ0v) is 9.77. The molecule has 0 saturated carbocycles. The summed E-state index contributed by atoms with van der Waals surface area (Å²) in [5.41, 5.74) is 0.203. The lowest BCUT2D eigenvalue weighted by atomic mass is 10.3. The van der Waals surface area contributed by atoms with Gasteiger partial charge in [-0.25, -0.2) is 4.79 Å². The van der Waals surface area contributed by atoms with Crippen LogP contribution in [0.15, 0.2) is 18.2 Å². The Kier molecular flexibility index (Phi) is 4.79. The zero-order chi connectivity index (χ0) is 13.5. The van der Waals surface area contributed by atoms with Gasteiger partial charge in [0.05, 0.1) is 6.61 Å². The summed E-state index contributed by atoms with van der Waals surface area (Å²) in [4.78, 5) is 22.3. The molecule has 0 bridgehead atoms. The molecule has 18 heavy (non-hydrogen) atoms. The highest BCUT2D eigenvalue weighted by Gasteiger charge is 2.07. The number of urea groups is 1. The van der Waals surface area contributed by atoms with Gasteiger partial charge in [-0.05, 0) is 6.92 Å². The van der Waals surface area contributed by atoms with Crippen LogP contribution in [0, 0.1) is 0 Å². The smallest absolute Gasteiger partial charge is 0.325 e. The van der Waals surface area contributed by atoms with Gasteiger partial charge in [0.25, 0.3) is 0 Å². The Morgan fingerprint density at radius 3 is 2.39 bits per heavy atom. The van der Waals surface area contributed by atoms with Crippen molar-refractivity contribution in [2.24, 2.45) is 0 Å². The van der Waals surface area contributed by atoms with Crippen LogP contribution < -0.4 is 10.6 Å². The lowest BCUT2D eigenvalue weighted by Gasteiger charge is -2.08. The van der Waals surface area contributed by atoms with Crippen LogP contribution in [0.2, 0.25) is 0 Å². The normalized spacial score (nSPS) is 9.61. The summed E-state index contributed by atoms with van der Waals surface area (Å²) < 4.78 is 4.62. The molecule has 98 valence electrons. The summed E-state index contributed by atoms with van der Waals surface area (Å²) in [6, 6.07) is 2.99. The molecule has 0 heterocycles. The minimum atomic E-state index is -0.645. The van der Waals surface area contributed by atoms with Crippen molar-refractivity contribution in [1.82, 2.24) is 5.32 Å². The molecule has 4 N–H and O–H groups in total. The van der Waals surface area contributed by atoms with Crippen molar-refractivity contribution < 1.29 is 24.5 Å². The Morgan fingerprint density at radius 1 is 1.22 bits per heavy atom. The van der Waals surface area contributed by atoms with E-state index in [9.17, 15) is 19.8 Å². The fourth-order valence-electron chi connectivity index (χ4n) is 1.21. The lowest BCUT2D eigenvalue weighted by molar-refractivity contribution is -0.141. The summed E-state index contributed by atoms with van der Waals surface area (Å²) in [5.74, 6) is -0.919. The minimum absolute atomic E-state index is 0.185. The van der Waals surface area contributed by atoms with E-state index in [2.05, 4.69) is 15.4 Å². The maximum absolute atomic E-state index is 11.4. The Bertz CT molecular complexity index is 427. The maximum Gasteiger partial charge on any atom is 0.325 e. The highest BCUT2D eigenvalue weighted by atomic mass is 16.5. The highest BCUT2D eigenvalue weighted by Crippen LogP contribution is 2.23. The van der Waals surface area contributed by atoms with E-state index in [1.165, 1.54) is 12.1 Å². The van der Waals surface area contributed by atoms with Crippen LogP contribution in [0.25, 0.3) is 0 Å². The van der Waals surface area contributed by atoms with Crippen LogP contribution in [0.4, 0.5) is 10.5 Å². The number of benzene rings is 1. The van der Waals surface area contributed by atoms with Crippen LogP contribution in [-0.4, -0.2) is 35.4 Å². The van der Waals surface area contributed by atoms with E-state index >= 15 is 0 Å². The second-order valence-corrected chi connectivity index (χ2v) is 3.35. The van der Waals surface area contributed by atoms with Gasteiger partial charge >= 0.3 is 12.0 Å². The molecule has 0 aliphatic rings. The monoisotopic (exact) mass is 254 g/mol. The molecule has 2 amide bonds. The molecular weight excluding hydrogens is 240 g/mol. The predicted octanol–water partition coefficient (Wildman–Crippen LogP) is 0.782. The molecule has 0 saturated heterocycles. The molecular formula is C11H14N2O5. The fourth-order valence-corrected chi connectivity index (χ4v) is 1.21. The average molecular weight is 254 g/mol. The largest absolute Gasteiger partial charge is 0.508 e. The van der Waals surface area contributed by atoms with Gasteiger partial charge < -0.3 is 25.6 Å². The van der Waals surface area contributed by atoms with Gasteiger partial charge in [-0.1, -0.05) is 0 Å². The number of rotatable bonds is 4. The van der Waals surface area contributed by atoms with Crippen LogP contribution >= 0.6 is 0 Å². The molecule has 0 spiro atoms. The Hall–Kier alpha value is -2.44. The van der Waals surface area contributed by atoms with Crippen molar-refractivity contribution in [3.63, 3.8) is 0 Å². The molecule has 0 aromatic heterocycles. The van der Waals surface area contributed by atoms with Gasteiger partial charge in [0, 0.05) is 23.9 Å². The standard InChI is InChI=1S/C11H14N2O5/c1-2-18-10(16)6-12-11(17)13-7-3-8(14)5-9(15)4-7/h3-5,14-15H,2,6H2,1H3,(H2,12,13,17). The number of hydrogen-bond acceptors (Lipinski definition) is 5. The molecule has 0 fully saturated rings. The van der Waals surface area contributed by atoms with E-state index in [4.69, 9.17) is 0 Å². The first-order valence-corrected chi connectivity index (χ1v) is 5.24. The van der Waals surface area contributed by atoms with Gasteiger partial charge in [0.1, 0.15) is 18.0 Å². The number of amides is 2. The third-order valence-corrected chi connectivity index (χ3v) is 1.86. The third-order valence-electron chi connectivity index (χ3n) is 1.86. The fraction of sp³-hybridized carbons (Fsp3) is 0.273. The zero-order valence-electron chi connectivity index (χ0n) is 9.77. The number of carbonyl (C=O) groups excluding carboxylic acids is 2. The van der Waals surface area contributed by atoms with Crippen LogP contribution in [0.3, 0.4) is 0 Å². The van der Waals surface area contributed by atoms with Crippen molar-refractivity contribution in [2.75, 3.05) is 18.5 Å². The highest BCUT2D eigenvalue weighted by molar-refractivity contribution is 5.91. The molecule has 0 aliphatic heterocycles. The number of esters is 1. The first kappa shape index (κ1) is 13.6. The average Bonchev–Trinajstić information content (AvgIpc) is 2.25. The summed E-state index contributed by atoms with van der Waals surface area (Å²) >= 11 is 0. The number of anilines is 1.